The molecule has 16 heavy (non-hydrogen) atoms. The van der Waals surface area contributed by atoms with Crippen LogP contribution < -0.4 is 10.6 Å². The summed E-state index contributed by atoms with van der Waals surface area (Å²) >= 11 is 1.72. The SMILES string of the molecule is CNCCN1CC(c2sccc2C)NC1=O. The van der Waals surface area contributed by atoms with E-state index in [9.17, 15) is 4.79 Å². The molecule has 2 amide bonds. The minimum atomic E-state index is 0.0491. The molecule has 2 N–H and O–H groups in total. The van der Waals surface area contributed by atoms with Crippen LogP contribution in [0.4, 0.5) is 4.79 Å². The number of carbonyl (C=O) groups excluding carboxylic acids is 1. The molecule has 1 fully saturated rings. The van der Waals surface area contributed by atoms with Gasteiger partial charge in [0.05, 0.1) is 6.04 Å². The van der Waals surface area contributed by atoms with Gasteiger partial charge in [0.15, 0.2) is 0 Å². The minimum Gasteiger partial charge on any atom is -0.329 e. The van der Waals surface area contributed by atoms with Crippen LogP contribution in [0.2, 0.25) is 0 Å². The topological polar surface area (TPSA) is 44.4 Å². The van der Waals surface area contributed by atoms with Gasteiger partial charge in [0.2, 0.25) is 0 Å². The second kappa shape index (κ2) is 4.84. The zero-order valence-electron chi connectivity index (χ0n) is 9.62. The molecule has 0 aromatic carbocycles. The molecule has 2 rings (SSSR count). The third kappa shape index (κ3) is 2.20. The molecule has 88 valence electrons. The molecule has 0 spiro atoms. The van der Waals surface area contributed by atoms with Gasteiger partial charge in [-0.05, 0) is 31.0 Å². The summed E-state index contributed by atoms with van der Waals surface area (Å²) in [5.74, 6) is 0. The monoisotopic (exact) mass is 239 g/mol. The largest absolute Gasteiger partial charge is 0.329 e. The summed E-state index contributed by atoms with van der Waals surface area (Å²) in [6.45, 7) is 4.48. The average molecular weight is 239 g/mol. The Kier molecular flexibility index (Phi) is 3.46. The van der Waals surface area contributed by atoms with Crippen molar-refractivity contribution in [3.8, 4) is 0 Å². The Morgan fingerprint density at radius 2 is 2.50 bits per heavy atom. The third-order valence-electron chi connectivity index (χ3n) is 2.84. The van der Waals surface area contributed by atoms with Gasteiger partial charge in [0.25, 0.3) is 0 Å². The molecule has 1 aliphatic rings. The maximum Gasteiger partial charge on any atom is 0.318 e. The van der Waals surface area contributed by atoms with E-state index in [0.29, 0.717) is 0 Å². The summed E-state index contributed by atoms with van der Waals surface area (Å²) in [6.07, 6.45) is 0. The summed E-state index contributed by atoms with van der Waals surface area (Å²) in [6, 6.07) is 2.32. The van der Waals surface area contributed by atoms with Crippen molar-refractivity contribution >= 4 is 17.4 Å². The van der Waals surface area contributed by atoms with Crippen molar-refractivity contribution in [3.05, 3.63) is 21.9 Å². The fraction of sp³-hybridized carbons (Fsp3) is 0.545. The van der Waals surface area contributed by atoms with Gasteiger partial charge in [-0.3, -0.25) is 0 Å². The van der Waals surface area contributed by atoms with E-state index in [2.05, 4.69) is 29.0 Å². The lowest BCUT2D eigenvalue weighted by Gasteiger charge is -2.13. The van der Waals surface area contributed by atoms with Gasteiger partial charge in [-0.1, -0.05) is 0 Å². The minimum absolute atomic E-state index is 0.0491. The Morgan fingerprint density at radius 1 is 1.69 bits per heavy atom. The number of rotatable bonds is 4. The molecule has 1 atom stereocenters. The molecule has 1 saturated heterocycles. The van der Waals surface area contributed by atoms with E-state index < -0.39 is 0 Å². The predicted molar refractivity (Wildman–Crippen MR) is 65.8 cm³/mol. The van der Waals surface area contributed by atoms with Gasteiger partial charge in [-0.15, -0.1) is 11.3 Å². The van der Waals surface area contributed by atoms with Crippen molar-refractivity contribution < 1.29 is 4.79 Å². The van der Waals surface area contributed by atoms with Gasteiger partial charge < -0.3 is 15.5 Å². The van der Waals surface area contributed by atoms with Crippen molar-refractivity contribution in [1.29, 1.82) is 0 Å². The number of urea groups is 1. The number of likely N-dealkylation sites (N-methyl/N-ethyl adjacent to an activating group) is 1. The lowest BCUT2D eigenvalue weighted by Crippen LogP contribution is -2.33. The molecule has 1 aromatic heterocycles. The highest BCUT2D eigenvalue weighted by molar-refractivity contribution is 7.10. The maximum atomic E-state index is 11.7. The van der Waals surface area contributed by atoms with E-state index in [4.69, 9.17) is 0 Å². The fourth-order valence-corrected chi connectivity index (χ4v) is 2.89. The second-order valence-corrected chi connectivity index (χ2v) is 4.97. The van der Waals surface area contributed by atoms with Crippen molar-refractivity contribution in [3.63, 3.8) is 0 Å². The average Bonchev–Trinajstić information content (AvgIpc) is 2.82. The quantitative estimate of drug-likeness (QED) is 0.833. The Hall–Kier alpha value is -1.07. The number of nitrogens with zero attached hydrogens (tertiary/aromatic N) is 1. The van der Waals surface area contributed by atoms with Crippen LogP contribution in [-0.4, -0.2) is 37.6 Å². The van der Waals surface area contributed by atoms with E-state index >= 15 is 0 Å². The standard InChI is InChI=1S/C11H17N3OS/c1-8-3-6-16-10(8)9-7-14(5-4-12-2)11(15)13-9/h3,6,9,12H,4-5,7H2,1-2H3,(H,13,15). The van der Waals surface area contributed by atoms with Gasteiger partial charge >= 0.3 is 6.03 Å². The molecule has 0 bridgehead atoms. The first kappa shape index (κ1) is 11.4. The second-order valence-electron chi connectivity index (χ2n) is 4.02. The van der Waals surface area contributed by atoms with Gasteiger partial charge in [0.1, 0.15) is 0 Å². The van der Waals surface area contributed by atoms with Crippen LogP contribution >= 0.6 is 11.3 Å². The number of hydrogen-bond donors (Lipinski definition) is 2. The number of aryl methyl sites for hydroxylation is 1. The molecular weight excluding hydrogens is 222 g/mol. The molecule has 4 nitrogen and oxygen atoms in total. The van der Waals surface area contributed by atoms with Crippen molar-refractivity contribution in [2.24, 2.45) is 0 Å². The molecule has 1 aromatic rings. The van der Waals surface area contributed by atoms with Crippen molar-refractivity contribution in [1.82, 2.24) is 15.5 Å². The normalized spacial score (nSPS) is 20.2. The van der Waals surface area contributed by atoms with E-state index in [1.54, 1.807) is 11.3 Å². The lowest BCUT2D eigenvalue weighted by atomic mass is 10.2. The van der Waals surface area contributed by atoms with Crippen LogP contribution in [0.25, 0.3) is 0 Å². The summed E-state index contributed by atoms with van der Waals surface area (Å²) in [5.41, 5.74) is 1.27. The van der Waals surface area contributed by atoms with E-state index in [0.717, 1.165) is 19.6 Å². The van der Waals surface area contributed by atoms with E-state index in [1.807, 2.05) is 11.9 Å². The molecule has 0 saturated carbocycles. The Balaban J connectivity index is 2.01. The van der Waals surface area contributed by atoms with E-state index in [1.165, 1.54) is 10.4 Å². The molecular formula is C11H17N3OS. The number of thiophene rings is 1. The zero-order valence-corrected chi connectivity index (χ0v) is 10.4. The van der Waals surface area contributed by atoms with Crippen LogP contribution in [0.3, 0.4) is 0 Å². The smallest absolute Gasteiger partial charge is 0.318 e. The molecule has 2 heterocycles. The first-order valence-electron chi connectivity index (χ1n) is 5.46. The lowest BCUT2D eigenvalue weighted by molar-refractivity contribution is 0.218. The number of carbonyl (C=O) groups is 1. The number of nitrogens with one attached hydrogen (secondary N) is 2. The summed E-state index contributed by atoms with van der Waals surface area (Å²) in [5, 5.41) is 8.16. The molecule has 5 heteroatoms. The highest BCUT2D eigenvalue weighted by atomic mass is 32.1. The fourth-order valence-electron chi connectivity index (χ4n) is 1.92. The van der Waals surface area contributed by atoms with Gasteiger partial charge in [-0.2, -0.15) is 0 Å². The highest BCUT2D eigenvalue weighted by Gasteiger charge is 2.30. The van der Waals surface area contributed by atoms with Crippen molar-refractivity contribution in [2.75, 3.05) is 26.7 Å². The van der Waals surface area contributed by atoms with Crippen LogP contribution in [0.5, 0.6) is 0 Å². The van der Waals surface area contributed by atoms with Crippen LogP contribution in [-0.2, 0) is 0 Å². The Bertz CT molecular complexity index is 377. The highest BCUT2D eigenvalue weighted by Crippen LogP contribution is 2.27. The van der Waals surface area contributed by atoms with Crippen LogP contribution in [0.1, 0.15) is 16.5 Å². The molecule has 1 aliphatic heterocycles. The van der Waals surface area contributed by atoms with Gasteiger partial charge in [-0.25, -0.2) is 4.79 Å². The zero-order chi connectivity index (χ0) is 11.5. The molecule has 0 aliphatic carbocycles. The van der Waals surface area contributed by atoms with E-state index in [-0.39, 0.29) is 12.1 Å². The van der Waals surface area contributed by atoms with Crippen LogP contribution in [0, 0.1) is 6.92 Å². The molecule has 1 unspecified atom stereocenters. The predicted octanol–water partition coefficient (Wildman–Crippen LogP) is 1.34. The summed E-state index contributed by atoms with van der Waals surface area (Å²) in [7, 11) is 1.90. The first-order chi connectivity index (χ1) is 7.72. The maximum absolute atomic E-state index is 11.7. The van der Waals surface area contributed by atoms with Crippen molar-refractivity contribution in [2.45, 2.75) is 13.0 Å². The summed E-state index contributed by atoms with van der Waals surface area (Å²) < 4.78 is 0. The number of hydrogen-bond acceptors (Lipinski definition) is 3. The summed E-state index contributed by atoms with van der Waals surface area (Å²) in [4.78, 5) is 14.8. The first-order valence-corrected chi connectivity index (χ1v) is 6.34. The van der Waals surface area contributed by atoms with Crippen LogP contribution in [0.15, 0.2) is 11.4 Å². The van der Waals surface area contributed by atoms with Gasteiger partial charge in [0, 0.05) is 24.5 Å². The molecule has 0 radical (unpaired) electrons. The number of amides is 2. The Labute approximate surface area is 99.6 Å². The third-order valence-corrected chi connectivity index (χ3v) is 3.97. The Morgan fingerprint density at radius 3 is 3.12 bits per heavy atom.